The standard InChI is InChI=1S/C9H10BrClNO5S/c1-8(2)4(5(13)17-3)12-6(14)9(10,11)7(12)18(8,15)16/h4,7H,3H2,1-2H3/t4-,7+,9?/m0/s1. The fourth-order valence-electron chi connectivity index (χ4n) is 2.34. The number of nitrogens with zero attached hydrogens (tertiary/aromatic N) is 1. The third-order valence-corrected chi connectivity index (χ3v) is 7.84. The molecule has 3 atom stereocenters. The number of esters is 1. The molecule has 0 aliphatic carbocycles. The Morgan fingerprint density at radius 3 is 2.50 bits per heavy atom. The second-order valence-electron chi connectivity index (χ2n) is 4.70. The highest BCUT2D eigenvalue weighted by Crippen LogP contribution is 2.55. The van der Waals surface area contributed by atoms with Crippen LogP contribution in [0.5, 0.6) is 0 Å². The first kappa shape index (κ1) is 14.1. The maximum atomic E-state index is 12.3. The van der Waals surface area contributed by atoms with Crippen molar-refractivity contribution in [1.29, 1.82) is 0 Å². The summed E-state index contributed by atoms with van der Waals surface area (Å²) < 4.78 is 25.8. The first-order valence-electron chi connectivity index (χ1n) is 4.91. The summed E-state index contributed by atoms with van der Waals surface area (Å²) in [5, 5.41) is -1.28. The molecule has 1 amide bonds. The second kappa shape index (κ2) is 3.61. The molecule has 2 rings (SSSR count). The Hall–Kier alpha value is -0.340. The van der Waals surface area contributed by atoms with Gasteiger partial charge in [-0.25, -0.2) is 13.2 Å². The van der Waals surface area contributed by atoms with E-state index in [9.17, 15) is 18.0 Å². The van der Waals surface area contributed by atoms with Crippen molar-refractivity contribution < 1.29 is 22.7 Å². The summed E-state index contributed by atoms with van der Waals surface area (Å²) in [6.07, 6.45) is 0. The molecule has 101 valence electrons. The summed E-state index contributed by atoms with van der Waals surface area (Å²) in [5.74, 6) is -1.54. The van der Waals surface area contributed by atoms with Crippen LogP contribution in [0.3, 0.4) is 0 Å². The normalized spacial score (nSPS) is 40.1. The Labute approximate surface area is 118 Å². The number of sulfone groups is 1. The van der Waals surface area contributed by atoms with E-state index >= 15 is 0 Å². The number of β-lactam (4-membered cyclic amide) rings is 1. The molecule has 0 aromatic carbocycles. The summed E-state index contributed by atoms with van der Waals surface area (Å²) in [5.41, 5.74) is 0. The van der Waals surface area contributed by atoms with Gasteiger partial charge in [-0.05, 0) is 13.8 Å². The molecule has 6 nitrogen and oxygen atoms in total. The quantitative estimate of drug-likeness (QED) is 0.384. The molecule has 2 heterocycles. The average molecular weight is 360 g/mol. The highest BCUT2D eigenvalue weighted by molar-refractivity contribution is 9.11. The lowest BCUT2D eigenvalue weighted by molar-refractivity contribution is -0.158. The van der Waals surface area contributed by atoms with Crippen LogP contribution in [-0.4, -0.2) is 45.1 Å². The molecule has 0 saturated carbocycles. The highest BCUT2D eigenvalue weighted by atomic mass is 79.9. The van der Waals surface area contributed by atoms with Crippen molar-refractivity contribution in [2.24, 2.45) is 0 Å². The SMILES string of the molecule is [CH2]OC(=O)[C@@H]1N2C(=O)C(Cl)(Br)[C@H]2S(=O)(=O)C1(C)C. The summed E-state index contributed by atoms with van der Waals surface area (Å²) in [7, 11) is -0.851. The van der Waals surface area contributed by atoms with Crippen LogP contribution in [0.15, 0.2) is 0 Å². The van der Waals surface area contributed by atoms with Crippen molar-refractivity contribution in [3.63, 3.8) is 0 Å². The number of fused-ring (bicyclic) bond motifs is 1. The van der Waals surface area contributed by atoms with Gasteiger partial charge in [-0.2, -0.15) is 0 Å². The Morgan fingerprint density at radius 1 is 1.56 bits per heavy atom. The summed E-state index contributed by atoms with van der Waals surface area (Å²) in [6.45, 7) is 2.71. The number of hydrogen-bond donors (Lipinski definition) is 0. The molecule has 18 heavy (non-hydrogen) atoms. The van der Waals surface area contributed by atoms with Crippen LogP contribution in [0.2, 0.25) is 0 Å². The number of hydrogen-bond acceptors (Lipinski definition) is 5. The number of rotatable bonds is 1. The molecule has 0 N–H and O–H groups in total. The van der Waals surface area contributed by atoms with E-state index in [0.717, 1.165) is 4.90 Å². The number of ether oxygens (including phenoxy) is 1. The molecule has 0 aromatic rings. The summed E-state index contributed by atoms with van der Waals surface area (Å²) >= 11 is 8.75. The first-order valence-corrected chi connectivity index (χ1v) is 7.63. The monoisotopic (exact) mass is 358 g/mol. The van der Waals surface area contributed by atoms with Crippen molar-refractivity contribution in [2.45, 2.75) is 33.8 Å². The molecular formula is C9H10BrClNO5S. The molecule has 0 bridgehead atoms. The van der Waals surface area contributed by atoms with Gasteiger partial charge in [0.25, 0.3) is 5.91 Å². The van der Waals surface area contributed by atoms with Crippen LogP contribution in [-0.2, 0) is 24.2 Å². The molecule has 0 spiro atoms. The maximum absolute atomic E-state index is 12.3. The van der Waals surface area contributed by atoms with E-state index in [4.69, 9.17) is 11.6 Å². The van der Waals surface area contributed by atoms with Gasteiger partial charge in [0.15, 0.2) is 15.2 Å². The Bertz CT molecular complexity index is 543. The third-order valence-electron chi connectivity index (χ3n) is 3.41. The third kappa shape index (κ3) is 1.31. The molecule has 9 heteroatoms. The van der Waals surface area contributed by atoms with Crippen molar-refractivity contribution in [1.82, 2.24) is 4.90 Å². The van der Waals surface area contributed by atoms with Crippen LogP contribution in [0.4, 0.5) is 0 Å². The summed E-state index contributed by atoms with van der Waals surface area (Å²) in [4.78, 5) is 24.4. The Kier molecular flexibility index (Phi) is 2.82. The first-order chi connectivity index (χ1) is 8.01. The predicted molar refractivity (Wildman–Crippen MR) is 66.4 cm³/mol. The van der Waals surface area contributed by atoms with Crippen LogP contribution in [0.1, 0.15) is 13.8 Å². The lowest BCUT2D eigenvalue weighted by Gasteiger charge is -2.45. The van der Waals surface area contributed by atoms with Gasteiger partial charge in [0.2, 0.25) is 3.78 Å². The van der Waals surface area contributed by atoms with Crippen LogP contribution in [0.25, 0.3) is 0 Å². The minimum Gasteiger partial charge on any atom is -0.460 e. The Morgan fingerprint density at radius 2 is 2.06 bits per heavy atom. The van der Waals surface area contributed by atoms with Crippen LogP contribution >= 0.6 is 27.5 Å². The van der Waals surface area contributed by atoms with Gasteiger partial charge < -0.3 is 9.64 Å². The van der Waals surface area contributed by atoms with E-state index in [-0.39, 0.29) is 0 Å². The van der Waals surface area contributed by atoms with Crippen LogP contribution < -0.4 is 0 Å². The van der Waals surface area contributed by atoms with E-state index < -0.39 is 41.7 Å². The zero-order chi connectivity index (χ0) is 14.1. The molecule has 2 fully saturated rings. The molecule has 1 unspecified atom stereocenters. The molecule has 0 aromatic heterocycles. The summed E-state index contributed by atoms with van der Waals surface area (Å²) in [6, 6.07) is -1.23. The predicted octanol–water partition coefficient (Wildman–Crippen LogP) is 0.395. The van der Waals surface area contributed by atoms with Crippen molar-refractivity contribution in [2.75, 3.05) is 0 Å². The number of alkyl halides is 2. The smallest absolute Gasteiger partial charge is 0.330 e. The fourth-order valence-corrected chi connectivity index (χ4v) is 6.17. The van der Waals surface area contributed by atoms with Gasteiger partial charge in [0, 0.05) is 0 Å². The zero-order valence-electron chi connectivity index (χ0n) is 9.51. The molecule has 2 aliphatic rings. The minimum atomic E-state index is -3.81. The molecular weight excluding hydrogens is 350 g/mol. The zero-order valence-corrected chi connectivity index (χ0v) is 12.7. The van der Waals surface area contributed by atoms with E-state index in [1.807, 2.05) is 0 Å². The van der Waals surface area contributed by atoms with Crippen molar-refractivity contribution in [3.05, 3.63) is 7.11 Å². The largest absolute Gasteiger partial charge is 0.460 e. The van der Waals surface area contributed by atoms with Crippen molar-refractivity contribution >= 4 is 49.2 Å². The van der Waals surface area contributed by atoms with Gasteiger partial charge in [-0.15, -0.1) is 0 Å². The van der Waals surface area contributed by atoms with Gasteiger partial charge >= 0.3 is 5.97 Å². The average Bonchev–Trinajstić information content (AvgIpc) is 2.41. The topological polar surface area (TPSA) is 80.8 Å². The van der Waals surface area contributed by atoms with Crippen LogP contribution in [0, 0.1) is 7.11 Å². The van der Waals surface area contributed by atoms with Gasteiger partial charge in [0.05, 0.1) is 0 Å². The van der Waals surface area contributed by atoms with Gasteiger partial charge in [-0.1, -0.05) is 27.5 Å². The number of carbonyl (C=O) groups excluding carboxylic acids is 2. The lowest BCUT2D eigenvalue weighted by Crippen LogP contribution is -2.69. The van der Waals surface area contributed by atoms with E-state index in [1.165, 1.54) is 13.8 Å². The van der Waals surface area contributed by atoms with E-state index in [0.29, 0.717) is 0 Å². The van der Waals surface area contributed by atoms with E-state index in [2.05, 4.69) is 27.8 Å². The number of amides is 1. The molecule has 2 aliphatic heterocycles. The van der Waals surface area contributed by atoms with Gasteiger partial charge in [-0.3, -0.25) is 4.79 Å². The highest BCUT2D eigenvalue weighted by Gasteiger charge is 2.77. The molecule has 1 radical (unpaired) electrons. The Balaban J connectivity index is 2.61. The number of halogens is 2. The fraction of sp³-hybridized carbons (Fsp3) is 0.667. The number of carbonyl (C=O) groups is 2. The second-order valence-corrected chi connectivity index (χ2v) is 9.59. The molecule has 2 saturated heterocycles. The van der Waals surface area contributed by atoms with Gasteiger partial charge in [0.1, 0.15) is 17.9 Å². The van der Waals surface area contributed by atoms with Crippen molar-refractivity contribution in [3.8, 4) is 0 Å². The maximum Gasteiger partial charge on any atom is 0.330 e. The van der Waals surface area contributed by atoms with E-state index in [1.54, 1.807) is 0 Å². The lowest BCUT2D eigenvalue weighted by atomic mass is 9.98. The minimum absolute atomic E-state index is 0.668.